The summed E-state index contributed by atoms with van der Waals surface area (Å²) in [5.74, 6) is -0.293. The van der Waals surface area contributed by atoms with E-state index in [1.807, 2.05) is 12.1 Å². The molecular weight excluding hydrogens is 228 g/mol. The molecule has 0 radical (unpaired) electrons. The van der Waals surface area contributed by atoms with Crippen LogP contribution in [-0.2, 0) is 11.3 Å². The molecule has 0 aliphatic heterocycles. The predicted octanol–water partition coefficient (Wildman–Crippen LogP) is 1.51. The molecule has 0 bridgehead atoms. The summed E-state index contributed by atoms with van der Waals surface area (Å²) in [5, 5.41) is 3.37. The third-order valence-electron chi connectivity index (χ3n) is 2.91. The minimum Gasteiger partial charge on any atom is -0.465 e. The third kappa shape index (κ3) is 4.85. The molecule has 0 spiro atoms. The zero-order valence-corrected chi connectivity index (χ0v) is 11.4. The van der Waals surface area contributed by atoms with Crippen LogP contribution in [0.3, 0.4) is 0 Å². The molecule has 0 aromatic heterocycles. The van der Waals surface area contributed by atoms with E-state index in [0.29, 0.717) is 5.56 Å². The van der Waals surface area contributed by atoms with Crippen molar-refractivity contribution in [2.75, 3.05) is 33.8 Å². The van der Waals surface area contributed by atoms with Gasteiger partial charge in [0.2, 0.25) is 0 Å². The van der Waals surface area contributed by atoms with E-state index in [-0.39, 0.29) is 5.97 Å². The van der Waals surface area contributed by atoms with Crippen LogP contribution in [0.1, 0.15) is 22.8 Å². The molecule has 1 aromatic rings. The molecule has 0 heterocycles. The van der Waals surface area contributed by atoms with Gasteiger partial charge in [-0.25, -0.2) is 4.79 Å². The molecule has 0 saturated heterocycles. The van der Waals surface area contributed by atoms with Crippen molar-refractivity contribution >= 4 is 5.97 Å². The molecule has 4 nitrogen and oxygen atoms in total. The van der Waals surface area contributed by atoms with E-state index in [1.165, 1.54) is 12.7 Å². The summed E-state index contributed by atoms with van der Waals surface area (Å²) in [6.45, 7) is 6.03. The Kier molecular flexibility index (Phi) is 6.39. The number of esters is 1. The van der Waals surface area contributed by atoms with Gasteiger partial charge in [-0.05, 0) is 31.3 Å². The van der Waals surface area contributed by atoms with Crippen molar-refractivity contribution in [2.24, 2.45) is 0 Å². The van der Waals surface area contributed by atoms with Crippen molar-refractivity contribution in [2.45, 2.75) is 13.5 Å². The Labute approximate surface area is 109 Å². The summed E-state index contributed by atoms with van der Waals surface area (Å²) in [5.41, 5.74) is 1.76. The summed E-state index contributed by atoms with van der Waals surface area (Å²) in [4.78, 5) is 13.5. The first-order valence-electron chi connectivity index (χ1n) is 6.24. The van der Waals surface area contributed by atoms with Gasteiger partial charge < -0.3 is 15.0 Å². The number of benzene rings is 1. The van der Waals surface area contributed by atoms with Crippen LogP contribution in [0.15, 0.2) is 24.3 Å². The number of nitrogens with one attached hydrogen (secondary N) is 1. The number of methoxy groups -OCH3 is 1. The molecule has 0 fully saturated rings. The van der Waals surface area contributed by atoms with E-state index in [4.69, 9.17) is 0 Å². The highest BCUT2D eigenvalue weighted by molar-refractivity contribution is 5.89. The number of carbonyl (C=O) groups excluding carboxylic acids is 1. The van der Waals surface area contributed by atoms with Crippen LogP contribution in [0, 0.1) is 0 Å². The van der Waals surface area contributed by atoms with Gasteiger partial charge in [-0.1, -0.05) is 19.1 Å². The molecule has 0 aliphatic carbocycles. The van der Waals surface area contributed by atoms with Crippen molar-refractivity contribution in [1.82, 2.24) is 10.2 Å². The fraction of sp³-hybridized carbons (Fsp3) is 0.500. The van der Waals surface area contributed by atoms with Gasteiger partial charge in [-0.2, -0.15) is 0 Å². The van der Waals surface area contributed by atoms with Gasteiger partial charge in [0.1, 0.15) is 0 Å². The smallest absolute Gasteiger partial charge is 0.337 e. The van der Waals surface area contributed by atoms with Gasteiger partial charge in [0.15, 0.2) is 0 Å². The lowest BCUT2D eigenvalue weighted by atomic mass is 10.1. The van der Waals surface area contributed by atoms with E-state index in [1.54, 1.807) is 12.1 Å². The molecule has 100 valence electrons. The standard InChI is InChI=1S/C14H22N2O2/c1-4-16(2)10-9-15-11-12-5-7-13(8-6-12)14(17)18-3/h5-8,15H,4,9-11H2,1-3H3. The average molecular weight is 250 g/mol. The van der Waals surface area contributed by atoms with Crippen LogP contribution in [0.4, 0.5) is 0 Å². The number of likely N-dealkylation sites (N-methyl/N-ethyl adjacent to an activating group) is 1. The second kappa shape index (κ2) is 7.84. The second-order valence-electron chi connectivity index (χ2n) is 4.26. The first kappa shape index (κ1) is 14.7. The van der Waals surface area contributed by atoms with E-state index >= 15 is 0 Å². The lowest BCUT2D eigenvalue weighted by Gasteiger charge is -2.14. The quantitative estimate of drug-likeness (QED) is 0.588. The average Bonchev–Trinajstić information content (AvgIpc) is 2.43. The van der Waals surface area contributed by atoms with Gasteiger partial charge in [0.25, 0.3) is 0 Å². The maximum Gasteiger partial charge on any atom is 0.337 e. The minimum atomic E-state index is -0.293. The molecule has 1 aromatic carbocycles. The van der Waals surface area contributed by atoms with Gasteiger partial charge in [-0.15, -0.1) is 0 Å². The van der Waals surface area contributed by atoms with Gasteiger partial charge in [0, 0.05) is 19.6 Å². The highest BCUT2D eigenvalue weighted by Crippen LogP contribution is 2.05. The Morgan fingerprint density at radius 3 is 2.56 bits per heavy atom. The monoisotopic (exact) mass is 250 g/mol. The van der Waals surface area contributed by atoms with Crippen LogP contribution >= 0.6 is 0 Å². The van der Waals surface area contributed by atoms with Crippen LogP contribution in [0.25, 0.3) is 0 Å². The lowest BCUT2D eigenvalue weighted by Crippen LogP contribution is -2.28. The maximum absolute atomic E-state index is 11.2. The first-order valence-corrected chi connectivity index (χ1v) is 6.24. The number of carbonyl (C=O) groups is 1. The maximum atomic E-state index is 11.2. The van der Waals surface area contributed by atoms with Crippen molar-refractivity contribution in [3.63, 3.8) is 0 Å². The fourth-order valence-corrected chi connectivity index (χ4v) is 1.54. The molecular formula is C14H22N2O2. The van der Waals surface area contributed by atoms with E-state index < -0.39 is 0 Å². The zero-order valence-electron chi connectivity index (χ0n) is 11.4. The molecule has 1 N–H and O–H groups in total. The lowest BCUT2D eigenvalue weighted by molar-refractivity contribution is 0.0600. The van der Waals surface area contributed by atoms with Crippen LogP contribution < -0.4 is 5.32 Å². The Bertz CT molecular complexity index is 363. The summed E-state index contributed by atoms with van der Waals surface area (Å²) in [7, 11) is 3.49. The van der Waals surface area contributed by atoms with Crippen molar-refractivity contribution in [1.29, 1.82) is 0 Å². The Morgan fingerprint density at radius 1 is 1.33 bits per heavy atom. The van der Waals surface area contributed by atoms with Crippen LogP contribution in [0.2, 0.25) is 0 Å². The topological polar surface area (TPSA) is 41.6 Å². The molecule has 0 saturated carbocycles. The van der Waals surface area contributed by atoms with Crippen molar-refractivity contribution < 1.29 is 9.53 Å². The molecule has 4 heteroatoms. The number of ether oxygens (including phenoxy) is 1. The summed E-state index contributed by atoms with van der Waals surface area (Å²) < 4.78 is 4.65. The molecule has 0 amide bonds. The number of hydrogen-bond acceptors (Lipinski definition) is 4. The normalized spacial score (nSPS) is 10.7. The summed E-state index contributed by atoms with van der Waals surface area (Å²) in [6.07, 6.45) is 0. The molecule has 0 aliphatic rings. The Hall–Kier alpha value is -1.39. The zero-order chi connectivity index (χ0) is 13.4. The highest BCUT2D eigenvalue weighted by atomic mass is 16.5. The van der Waals surface area contributed by atoms with Crippen molar-refractivity contribution in [3.05, 3.63) is 35.4 Å². The van der Waals surface area contributed by atoms with Crippen molar-refractivity contribution in [3.8, 4) is 0 Å². The molecule has 1 rings (SSSR count). The first-order chi connectivity index (χ1) is 8.67. The molecule has 0 unspecified atom stereocenters. The number of nitrogens with zero attached hydrogens (tertiary/aromatic N) is 1. The Morgan fingerprint density at radius 2 is 2.00 bits per heavy atom. The third-order valence-corrected chi connectivity index (χ3v) is 2.91. The highest BCUT2D eigenvalue weighted by Gasteiger charge is 2.03. The summed E-state index contributed by atoms with van der Waals surface area (Å²) in [6, 6.07) is 7.48. The van der Waals surface area contributed by atoms with E-state index in [9.17, 15) is 4.79 Å². The number of hydrogen-bond donors (Lipinski definition) is 1. The molecule has 0 atom stereocenters. The SMILES string of the molecule is CCN(C)CCNCc1ccc(C(=O)OC)cc1. The predicted molar refractivity (Wildman–Crippen MR) is 72.7 cm³/mol. The van der Waals surface area contributed by atoms with Gasteiger partial charge >= 0.3 is 5.97 Å². The molecule has 18 heavy (non-hydrogen) atoms. The second-order valence-corrected chi connectivity index (χ2v) is 4.26. The van der Waals surface area contributed by atoms with Gasteiger partial charge in [-0.3, -0.25) is 0 Å². The van der Waals surface area contributed by atoms with E-state index in [0.717, 1.165) is 26.2 Å². The Balaban J connectivity index is 2.33. The fourth-order valence-electron chi connectivity index (χ4n) is 1.54. The largest absolute Gasteiger partial charge is 0.465 e. The van der Waals surface area contributed by atoms with Crippen LogP contribution in [-0.4, -0.2) is 44.7 Å². The minimum absolute atomic E-state index is 0.293. The van der Waals surface area contributed by atoms with E-state index in [2.05, 4.69) is 28.9 Å². The number of rotatable bonds is 7. The van der Waals surface area contributed by atoms with Crippen LogP contribution in [0.5, 0.6) is 0 Å². The van der Waals surface area contributed by atoms with Gasteiger partial charge in [0.05, 0.1) is 12.7 Å². The summed E-state index contributed by atoms with van der Waals surface area (Å²) >= 11 is 0.